The number of carbonyl (C=O) groups excluding carboxylic acids is 2. The van der Waals surface area contributed by atoms with Gasteiger partial charge in [0.25, 0.3) is 5.91 Å². The van der Waals surface area contributed by atoms with Crippen molar-refractivity contribution in [3.63, 3.8) is 0 Å². The number of aldehydes is 1. The lowest BCUT2D eigenvalue weighted by Crippen LogP contribution is -2.44. The van der Waals surface area contributed by atoms with E-state index < -0.39 is 5.66 Å². The molecule has 3 N–H and O–H groups in total. The summed E-state index contributed by atoms with van der Waals surface area (Å²) in [4.78, 5) is 24.4. The molecule has 0 aliphatic carbocycles. The van der Waals surface area contributed by atoms with Gasteiger partial charge in [-0.25, -0.2) is 0 Å². The molecule has 5 nitrogen and oxygen atoms in total. The van der Waals surface area contributed by atoms with Crippen LogP contribution in [0.3, 0.4) is 0 Å². The first-order valence-electron chi connectivity index (χ1n) is 6.33. The maximum absolute atomic E-state index is 12.1. The maximum Gasteiger partial charge on any atom is 0.269 e. The van der Waals surface area contributed by atoms with Gasteiger partial charge in [-0.3, -0.25) is 9.59 Å². The van der Waals surface area contributed by atoms with Crippen LogP contribution in [0.1, 0.15) is 12.5 Å². The summed E-state index contributed by atoms with van der Waals surface area (Å²) in [6.45, 7) is 1.89. The fraction of sp³-hybridized carbons (Fsp3) is 0.200. The quantitative estimate of drug-likeness (QED) is 0.655. The summed E-state index contributed by atoms with van der Waals surface area (Å²) in [5.41, 5.74) is 6.13. The van der Waals surface area contributed by atoms with Crippen LogP contribution in [-0.2, 0) is 15.3 Å². The fourth-order valence-electron chi connectivity index (χ4n) is 2.20. The average molecular weight is 306 g/mol. The molecule has 1 amide bonds. The highest BCUT2D eigenvalue weighted by atomic mass is 35.5. The number of carbonyl (C=O) groups is 2. The molecule has 0 spiro atoms. The van der Waals surface area contributed by atoms with Gasteiger partial charge < -0.3 is 16.0 Å². The van der Waals surface area contributed by atoms with Crippen LogP contribution in [0.2, 0.25) is 5.02 Å². The summed E-state index contributed by atoms with van der Waals surface area (Å²) < 4.78 is 0. The number of likely N-dealkylation sites (N-methyl/N-ethyl adjacent to an activating group) is 1. The summed E-state index contributed by atoms with van der Waals surface area (Å²) in [5, 5.41) is 3.56. The van der Waals surface area contributed by atoms with Crippen molar-refractivity contribution >= 4 is 23.8 Å². The molecule has 1 aliphatic rings. The van der Waals surface area contributed by atoms with Crippen molar-refractivity contribution in [3.8, 4) is 0 Å². The molecule has 2 rings (SSSR count). The first-order chi connectivity index (χ1) is 9.88. The lowest BCUT2D eigenvalue weighted by Gasteiger charge is -2.33. The second kappa shape index (κ2) is 5.61. The zero-order valence-corrected chi connectivity index (χ0v) is 12.5. The highest BCUT2D eigenvalue weighted by Gasteiger charge is 2.42. The van der Waals surface area contributed by atoms with Crippen molar-refractivity contribution in [2.75, 3.05) is 7.05 Å². The lowest BCUT2D eigenvalue weighted by atomic mass is 10.0. The number of hydrogen-bond acceptors (Lipinski definition) is 4. The Morgan fingerprint density at radius 1 is 1.38 bits per heavy atom. The Kier molecular flexibility index (Phi) is 4.04. The Balaban J connectivity index is 2.38. The molecule has 6 heteroatoms. The van der Waals surface area contributed by atoms with Crippen molar-refractivity contribution in [1.29, 1.82) is 0 Å². The fourth-order valence-corrected chi connectivity index (χ4v) is 2.33. The van der Waals surface area contributed by atoms with Gasteiger partial charge in [-0.05, 0) is 36.8 Å². The topological polar surface area (TPSA) is 75.4 Å². The minimum Gasteiger partial charge on any atom is -0.396 e. The Morgan fingerprint density at radius 2 is 2.00 bits per heavy atom. The monoisotopic (exact) mass is 305 g/mol. The molecule has 0 aromatic heterocycles. The van der Waals surface area contributed by atoms with Gasteiger partial charge in [0.05, 0.1) is 5.70 Å². The van der Waals surface area contributed by atoms with E-state index in [-0.39, 0.29) is 11.6 Å². The lowest BCUT2D eigenvalue weighted by molar-refractivity contribution is -0.117. The molecule has 0 saturated carbocycles. The molecular weight excluding hydrogens is 290 g/mol. The van der Waals surface area contributed by atoms with E-state index in [1.165, 1.54) is 12.2 Å². The van der Waals surface area contributed by atoms with Crippen LogP contribution in [0.4, 0.5) is 0 Å². The van der Waals surface area contributed by atoms with Crippen LogP contribution in [0.15, 0.2) is 47.8 Å². The second-order valence-electron chi connectivity index (χ2n) is 4.93. The van der Waals surface area contributed by atoms with Gasteiger partial charge in [-0.1, -0.05) is 23.7 Å². The van der Waals surface area contributed by atoms with E-state index in [9.17, 15) is 9.59 Å². The van der Waals surface area contributed by atoms with Crippen LogP contribution in [0.5, 0.6) is 0 Å². The summed E-state index contributed by atoms with van der Waals surface area (Å²) >= 11 is 5.89. The van der Waals surface area contributed by atoms with Crippen molar-refractivity contribution in [3.05, 3.63) is 58.4 Å². The van der Waals surface area contributed by atoms with E-state index in [2.05, 4.69) is 5.32 Å². The molecule has 1 aromatic carbocycles. The van der Waals surface area contributed by atoms with E-state index >= 15 is 0 Å². The van der Waals surface area contributed by atoms with E-state index in [4.69, 9.17) is 17.3 Å². The smallest absolute Gasteiger partial charge is 0.269 e. The third kappa shape index (κ3) is 2.78. The number of benzene rings is 1. The van der Waals surface area contributed by atoms with Gasteiger partial charge >= 0.3 is 0 Å². The second-order valence-corrected chi connectivity index (χ2v) is 5.37. The molecule has 1 heterocycles. The number of nitrogens with two attached hydrogens (primary N) is 1. The molecule has 21 heavy (non-hydrogen) atoms. The van der Waals surface area contributed by atoms with Gasteiger partial charge in [0, 0.05) is 12.1 Å². The van der Waals surface area contributed by atoms with Gasteiger partial charge in [-0.15, -0.1) is 0 Å². The maximum atomic E-state index is 12.1. The van der Waals surface area contributed by atoms with Gasteiger partial charge in [-0.2, -0.15) is 0 Å². The normalized spacial score (nSPS) is 24.3. The van der Waals surface area contributed by atoms with E-state index in [0.29, 0.717) is 17.0 Å². The molecule has 1 saturated heterocycles. The zero-order valence-electron chi connectivity index (χ0n) is 11.8. The molecule has 110 valence electrons. The van der Waals surface area contributed by atoms with Crippen LogP contribution < -0.4 is 11.1 Å². The molecule has 1 aromatic rings. The van der Waals surface area contributed by atoms with E-state index in [1.54, 1.807) is 24.1 Å². The number of amides is 1. The first kappa shape index (κ1) is 15.1. The number of hydrogen-bond donors (Lipinski definition) is 2. The molecule has 0 bridgehead atoms. The predicted octanol–water partition coefficient (Wildman–Crippen LogP) is 1.50. The minimum atomic E-state index is -0.683. The van der Waals surface area contributed by atoms with Gasteiger partial charge in [0.1, 0.15) is 11.4 Å². The van der Waals surface area contributed by atoms with Crippen LogP contribution >= 0.6 is 11.6 Å². The highest BCUT2D eigenvalue weighted by Crippen LogP contribution is 2.33. The molecule has 0 radical (unpaired) electrons. The number of halogens is 1. The summed E-state index contributed by atoms with van der Waals surface area (Å²) in [6, 6.07) is 7.26. The number of nitrogens with zero attached hydrogens (tertiary/aromatic N) is 1. The van der Waals surface area contributed by atoms with Crippen molar-refractivity contribution in [2.45, 2.75) is 12.6 Å². The Morgan fingerprint density at radius 3 is 2.57 bits per heavy atom. The SMILES string of the molecule is CN1/C(=C\C=C(\N)C=O)C(=O)NC1(C)c1ccc(Cl)cc1. The summed E-state index contributed by atoms with van der Waals surface area (Å²) in [6.07, 6.45) is 3.47. The van der Waals surface area contributed by atoms with Crippen LogP contribution in [0.25, 0.3) is 0 Å². The Bertz CT molecular complexity index is 637. The van der Waals surface area contributed by atoms with E-state index in [1.807, 2.05) is 19.1 Å². The minimum absolute atomic E-state index is 0.0591. The molecule has 1 fully saturated rings. The number of allylic oxidation sites excluding steroid dienone is 3. The van der Waals surface area contributed by atoms with Crippen molar-refractivity contribution in [1.82, 2.24) is 10.2 Å². The van der Waals surface area contributed by atoms with Crippen LogP contribution in [0, 0.1) is 0 Å². The Labute approximate surface area is 128 Å². The molecule has 1 aliphatic heterocycles. The first-order valence-corrected chi connectivity index (χ1v) is 6.71. The van der Waals surface area contributed by atoms with E-state index in [0.717, 1.165) is 5.56 Å². The van der Waals surface area contributed by atoms with Crippen molar-refractivity contribution in [2.24, 2.45) is 5.73 Å². The predicted molar refractivity (Wildman–Crippen MR) is 81.1 cm³/mol. The van der Waals surface area contributed by atoms with Crippen molar-refractivity contribution < 1.29 is 9.59 Å². The van der Waals surface area contributed by atoms with Crippen LogP contribution in [-0.4, -0.2) is 24.1 Å². The standard InChI is InChI=1S/C15H16ClN3O2/c1-15(10-3-5-11(16)6-4-10)18-14(21)13(19(15)2)8-7-12(17)9-20/h3-9H,17H2,1-2H3,(H,18,21)/b12-7+,13-8-. The number of rotatable bonds is 3. The third-order valence-electron chi connectivity index (χ3n) is 3.60. The summed E-state index contributed by atoms with van der Waals surface area (Å²) in [7, 11) is 1.79. The van der Waals surface area contributed by atoms with Gasteiger partial charge in [0.15, 0.2) is 6.29 Å². The third-order valence-corrected chi connectivity index (χ3v) is 3.85. The Hall–Kier alpha value is -2.27. The van der Waals surface area contributed by atoms with Gasteiger partial charge in [0.2, 0.25) is 0 Å². The largest absolute Gasteiger partial charge is 0.396 e. The molecule has 1 unspecified atom stereocenters. The average Bonchev–Trinajstić information content (AvgIpc) is 2.68. The molecule has 1 atom stereocenters. The molecular formula is C15H16ClN3O2. The number of nitrogens with one attached hydrogen (secondary N) is 1. The highest BCUT2D eigenvalue weighted by molar-refractivity contribution is 6.30. The zero-order chi connectivity index (χ0) is 15.6. The summed E-state index contributed by atoms with van der Waals surface area (Å²) in [5.74, 6) is -0.232.